The smallest absolute Gasteiger partial charge is 0.191 e. The number of rotatable bonds is 9. The zero-order chi connectivity index (χ0) is 22.1. The molecule has 0 amide bonds. The summed E-state index contributed by atoms with van der Waals surface area (Å²) in [5.74, 6) is 1.55. The Labute approximate surface area is 206 Å². The third-order valence-corrected chi connectivity index (χ3v) is 5.35. The van der Waals surface area contributed by atoms with E-state index in [4.69, 9.17) is 9.47 Å². The van der Waals surface area contributed by atoms with Crippen molar-refractivity contribution in [3.63, 3.8) is 0 Å². The van der Waals surface area contributed by atoms with E-state index in [0.717, 1.165) is 24.2 Å². The number of nitrogens with zero attached hydrogens (tertiary/aromatic N) is 1. The van der Waals surface area contributed by atoms with E-state index in [1.807, 2.05) is 25.1 Å². The number of guanidine groups is 1. The largest absolute Gasteiger partial charge is 0.493 e. The Hall–Kier alpha value is -2.07. The molecular weight excluding hydrogens is 524 g/mol. The van der Waals surface area contributed by atoms with Crippen molar-refractivity contribution >= 4 is 29.9 Å². The molecule has 0 aliphatic heterocycles. The van der Waals surface area contributed by atoms with E-state index in [0.29, 0.717) is 24.8 Å². The molecule has 1 fully saturated rings. The van der Waals surface area contributed by atoms with Crippen LogP contribution in [0.1, 0.15) is 49.8 Å². The zero-order valence-electron chi connectivity index (χ0n) is 18.6. The molecular formula is C24H33FIN3O3. The predicted molar refractivity (Wildman–Crippen MR) is 135 cm³/mol. The summed E-state index contributed by atoms with van der Waals surface area (Å²) in [7, 11) is 1.64. The molecule has 1 aliphatic carbocycles. The molecule has 0 radical (unpaired) electrons. The Morgan fingerprint density at radius 3 is 2.59 bits per heavy atom. The fourth-order valence-electron chi connectivity index (χ4n) is 3.71. The van der Waals surface area contributed by atoms with Gasteiger partial charge in [0, 0.05) is 24.2 Å². The van der Waals surface area contributed by atoms with Crippen LogP contribution in [0.2, 0.25) is 0 Å². The van der Waals surface area contributed by atoms with E-state index in [1.165, 1.54) is 18.9 Å². The molecule has 2 aromatic carbocycles. The van der Waals surface area contributed by atoms with Crippen LogP contribution in [0, 0.1) is 5.82 Å². The van der Waals surface area contributed by atoms with Gasteiger partial charge in [-0.15, -0.1) is 24.0 Å². The van der Waals surface area contributed by atoms with Crippen LogP contribution >= 0.6 is 24.0 Å². The lowest BCUT2D eigenvalue weighted by Gasteiger charge is -2.19. The van der Waals surface area contributed by atoms with Gasteiger partial charge in [-0.05, 0) is 44.7 Å². The van der Waals surface area contributed by atoms with Crippen LogP contribution < -0.4 is 20.1 Å². The maximum Gasteiger partial charge on any atom is 0.191 e. The van der Waals surface area contributed by atoms with Crippen LogP contribution in [0.4, 0.5) is 4.39 Å². The lowest BCUT2D eigenvalue weighted by atomic mass is 10.1. The molecule has 32 heavy (non-hydrogen) atoms. The van der Waals surface area contributed by atoms with Crippen molar-refractivity contribution in [3.8, 4) is 11.5 Å². The van der Waals surface area contributed by atoms with Crippen molar-refractivity contribution in [2.75, 3.05) is 20.2 Å². The Morgan fingerprint density at radius 1 is 1.16 bits per heavy atom. The van der Waals surface area contributed by atoms with E-state index in [2.05, 4.69) is 15.6 Å². The van der Waals surface area contributed by atoms with Gasteiger partial charge in [0.25, 0.3) is 0 Å². The summed E-state index contributed by atoms with van der Waals surface area (Å²) in [6.45, 7) is 3.14. The molecule has 176 valence electrons. The molecule has 1 saturated carbocycles. The van der Waals surface area contributed by atoms with E-state index < -0.39 is 11.9 Å². The maximum atomic E-state index is 13.9. The van der Waals surface area contributed by atoms with Gasteiger partial charge in [0.1, 0.15) is 5.82 Å². The van der Waals surface area contributed by atoms with Crippen molar-refractivity contribution in [1.82, 2.24) is 10.6 Å². The van der Waals surface area contributed by atoms with Gasteiger partial charge in [0.15, 0.2) is 17.5 Å². The number of halogens is 2. The first-order valence-corrected chi connectivity index (χ1v) is 10.9. The van der Waals surface area contributed by atoms with E-state index >= 15 is 0 Å². The van der Waals surface area contributed by atoms with Gasteiger partial charge >= 0.3 is 0 Å². The number of ether oxygens (including phenoxy) is 2. The third kappa shape index (κ3) is 7.23. The standard InChI is InChI=1S/C24H32FN3O3.HI/c1-3-26-24(28-16-21(29)19-12-6-7-13-20(19)25)27-15-17-9-8-14-22(30-2)23(17)31-18-10-4-5-11-18;/h6-9,12-14,18,21,29H,3-5,10-11,15-16H2,1-2H3,(H2,26,27,28);1H. The molecule has 8 heteroatoms. The Morgan fingerprint density at radius 2 is 1.91 bits per heavy atom. The highest BCUT2D eigenvalue weighted by Gasteiger charge is 2.20. The number of aliphatic hydroxyl groups is 1. The van der Waals surface area contributed by atoms with Gasteiger partial charge in [0.05, 0.1) is 25.9 Å². The first-order chi connectivity index (χ1) is 15.1. The highest BCUT2D eigenvalue weighted by Crippen LogP contribution is 2.35. The summed E-state index contributed by atoms with van der Waals surface area (Å²) in [6, 6.07) is 12.0. The molecule has 2 aromatic rings. The number of benzene rings is 2. The minimum atomic E-state index is -0.983. The molecule has 1 aliphatic rings. The number of aliphatic imine (C=N–C) groups is 1. The van der Waals surface area contributed by atoms with Crippen LogP contribution in [0.3, 0.4) is 0 Å². The summed E-state index contributed by atoms with van der Waals surface area (Å²) >= 11 is 0. The second kappa shape index (κ2) is 13.5. The van der Waals surface area contributed by atoms with Crippen molar-refractivity contribution in [3.05, 3.63) is 59.4 Å². The molecule has 6 nitrogen and oxygen atoms in total. The average Bonchev–Trinajstić information content (AvgIpc) is 3.29. The van der Waals surface area contributed by atoms with Crippen molar-refractivity contribution < 1.29 is 19.0 Å². The van der Waals surface area contributed by atoms with Crippen molar-refractivity contribution in [1.29, 1.82) is 0 Å². The van der Waals surface area contributed by atoms with E-state index in [1.54, 1.807) is 25.3 Å². The number of hydrogen-bond acceptors (Lipinski definition) is 4. The Balaban J connectivity index is 0.00000363. The normalized spacial score (nSPS) is 15.1. The van der Waals surface area contributed by atoms with E-state index in [-0.39, 0.29) is 42.2 Å². The summed E-state index contributed by atoms with van der Waals surface area (Å²) in [6.07, 6.45) is 3.71. The lowest BCUT2D eigenvalue weighted by molar-refractivity contribution is 0.176. The minimum absolute atomic E-state index is 0. The molecule has 1 atom stereocenters. The summed E-state index contributed by atoms with van der Waals surface area (Å²) in [5, 5.41) is 16.6. The van der Waals surface area contributed by atoms with Crippen molar-refractivity contribution in [2.24, 2.45) is 4.99 Å². The number of nitrogens with one attached hydrogen (secondary N) is 2. The molecule has 0 aromatic heterocycles. The topological polar surface area (TPSA) is 75.1 Å². The van der Waals surface area contributed by atoms with Crippen LogP contribution in [-0.4, -0.2) is 37.4 Å². The molecule has 1 unspecified atom stereocenters. The number of methoxy groups -OCH3 is 1. The van der Waals surface area contributed by atoms with Crippen molar-refractivity contribution in [2.45, 2.75) is 51.4 Å². The second-order valence-corrected chi connectivity index (χ2v) is 7.59. The molecule has 3 rings (SSSR count). The number of para-hydroxylation sites is 1. The summed E-state index contributed by atoms with van der Waals surface area (Å²) < 4.78 is 25.7. The van der Waals surface area contributed by atoms with Crippen LogP contribution in [0.15, 0.2) is 47.5 Å². The second-order valence-electron chi connectivity index (χ2n) is 7.59. The van der Waals surface area contributed by atoms with Crippen LogP contribution in [-0.2, 0) is 6.54 Å². The molecule has 0 bridgehead atoms. The quantitative estimate of drug-likeness (QED) is 0.240. The number of aliphatic hydroxyl groups excluding tert-OH is 1. The highest BCUT2D eigenvalue weighted by atomic mass is 127. The monoisotopic (exact) mass is 557 g/mol. The first kappa shape index (κ1) is 26.2. The van der Waals surface area contributed by atoms with Gasteiger partial charge in [-0.25, -0.2) is 9.38 Å². The van der Waals surface area contributed by atoms with Crippen LogP contribution in [0.5, 0.6) is 11.5 Å². The van der Waals surface area contributed by atoms with Gasteiger partial charge in [-0.3, -0.25) is 0 Å². The first-order valence-electron chi connectivity index (χ1n) is 10.9. The Kier molecular flexibility index (Phi) is 11.0. The summed E-state index contributed by atoms with van der Waals surface area (Å²) in [5.41, 5.74) is 1.18. The van der Waals surface area contributed by atoms with Gasteiger partial charge in [-0.1, -0.05) is 30.3 Å². The van der Waals surface area contributed by atoms with E-state index in [9.17, 15) is 9.50 Å². The molecule has 0 heterocycles. The maximum absolute atomic E-state index is 13.9. The Bertz CT molecular complexity index is 875. The number of hydrogen-bond donors (Lipinski definition) is 3. The van der Waals surface area contributed by atoms with Crippen LogP contribution in [0.25, 0.3) is 0 Å². The minimum Gasteiger partial charge on any atom is -0.493 e. The lowest BCUT2D eigenvalue weighted by Crippen LogP contribution is -2.39. The third-order valence-electron chi connectivity index (χ3n) is 5.35. The zero-order valence-corrected chi connectivity index (χ0v) is 21.0. The van der Waals surface area contributed by atoms with Gasteiger partial charge < -0.3 is 25.2 Å². The highest BCUT2D eigenvalue weighted by molar-refractivity contribution is 14.0. The van der Waals surface area contributed by atoms with Gasteiger partial charge in [-0.2, -0.15) is 0 Å². The summed E-state index contributed by atoms with van der Waals surface area (Å²) in [4.78, 5) is 4.64. The predicted octanol–water partition coefficient (Wildman–Crippen LogP) is 4.56. The van der Waals surface area contributed by atoms with Gasteiger partial charge in [0.2, 0.25) is 0 Å². The molecule has 3 N–H and O–H groups in total. The average molecular weight is 557 g/mol. The fourth-order valence-corrected chi connectivity index (χ4v) is 3.71. The SMILES string of the molecule is CCNC(=NCc1cccc(OC)c1OC1CCCC1)NCC(O)c1ccccc1F.I. The fraction of sp³-hybridized carbons (Fsp3) is 0.458. The molecule has 0 spiro atoms. The molecule has 0 saturated heterocycles.